The molecule has 2 atom stereocenters. The lowest BCUT2D eigenvalue weighted by molar-refractivity contribution is 0.164. The molecular formula is C11H22N2O2S2. The molecule has 2 aliphatic heterocycles. The second-order valence-electron chi connectivity index (χ2n) is 5.25. The maximum absolute atomic E-state index is 11.8. The Kier molecular flexibility index (Phi) is 4.39. The summed E-state index contributed by atoms with van der Waals surface area (Å²) in [6, 6.07) is 0. The van der Waals surface area contributed by atoms with Crippen molar-refractivity contribution in [2.45, 2.75) is 12.3 Å². The van der Waals surface area contributed by atoms with Crippen molar-refractivity contribution in [3.8, 4) is 0 Å². The Morgan fingerprint density at radius 2 is 2.18 bits per heavy atom. The van der Waals surface area contributed by atoms with Crippen molar-refractivity contribution in [1.82, 2.24) is 10.2 Å². The highest BCUT2D eigenvalue weighted by Crippen LogP contribution is 2.24. The molecular weight excluding hydrogens is 256 g/mol. The van der Waals surface area contributed by atoms with Crippen molar-refractivity contribution in [3.63, 3.8) is 0 Å². The first-order valence-corrected chi connectivity index (χ1v) is 9.31. The standard InChI is InChI=1S/C11H22N2O2S2/c1-9(10-5-12-6-10)7-13-3-4-16-8-11(13)17(2,14)15/h9-12H,3-8H2,1-2H3. The van der Waals surface area contributed by atoms with Gasteiger partial charge in [0.05, 0.1) is 0 Å². The van der Waals surface area contributed by atoms with Gasteiger partial charge in [-0.25, -0.2) is 8.42 Å². The van der Waals surface area contributed by atoms with Crippen LogP contribution in [0.15, 0.2) is 0 Å². The number of nitrogens with one attached hydrogen (secondary N) is 1. The van der Waals surface area contributed by atoms with Crippen molar-refractivity contribution >= 4 is 21.6 Å². The molecule has 0 aromatic carbocycles. The van der Waals surface area contributed by atoms with Gasteiger partial charge in [0, 0.05) is 30.9 Å². The molecule has 17 heavy (non-hydrogen) atoms. The lowest BCUT2D eigenvalue weighted by atomic mass is 9.88. The molecule has 2 saturated heterocycles. The van der Waals surface area contributed by atoms with E-state index in [9.17, 15) is 8.42 Å². The first kappa shape index (κ1) is 13.6. The maximum atomic E-state index is 11.8. The molecule has 2 fully saturated rings. The summed E-state index contributed by atoms with van der Waals surface area (Å²) in [5.74, 6) is 3.10. The van der Waals surface area contributed by atoms with Crippen molar-refractivity contribution in [3.05, 3.63) is 0 Å². The van der Waals surface area contributed by atoms with Crippen molar-refractivity contribution in [2.24, 2.45) is 11.8 Å². The second-order valence-corrected chi connectivity index (χ2v) is 8.60. The number of sulfone groups is 1. The summed E-state index contributed by atoms with van der Waals surface area (Å²) < 4.78 is 23.5. The Morgan fingerprint density at radius 1 is 1.47 bits per heavy atom. The molecule has 0 bridgehead atoms. The summed E-state index contributed by atoms with van der Waals surface area (Å²) in [7, 11) is -2.95. The van der Waals surface area contributed by atoms with Crippen molar-refractivity contribution < 1.29 is 8.42 Å². The minimum Gasteiger partial charge on any atom is -0.316 e. The van der Waals surface area contributed by atoms with Crippen LogP contribution in [0.1, 0.15) is 6.92 Å². The fourth-order valence-electron chi connectivity index (χ4n) is 2.45. The number of hydrogen-bond donors (Lipinski definition) is 1. The van der Waals surface area contributed by atoms with Crippen LogP contribution in [0.25, 0.3) is 0 Å². The molecule has 100 valence electrons. The highest BCUT2D eigenvalue weighted by molar-refractivity contribution is 8.00. The topological polar surface area (TPSA) is 49.4 Å². The third-order valence-corrected chi connectivity index (χ3v) is 6.51. The highest BCUT2D eigenvalue weighted by atomic mass is 32.2. The van der Waals surface area contributed by atoms with E-state index in [1.165, 1.54) is 6.26 Å². The van der Waals surface area contributed by atoms with Crippen LogP contribution in [0.3, 0.4) is 0 Å². The zero-order valence-electron chi connectivity index (χ0n) is 10.6. The lowest BCUT2D eigenvalue weighted by Gasteiger charge is -2.40. The number of rotatable bonds is 4. The van der Waals surface area contributed by atoms with E-state index in [2.05, 4.69) is 17.1 Å². The fraction of sp³-hybridized carbons (Fsp3) is 1.00. The van der Waals surface area contributed by atoms with Gasteiger partial charge in [0.2, 0.25) is 0 Å². The van der Waals surface area contributed by atoms with E-state index in [4.69, 9.17) is 0 Å². The van der Waals surface area contributed by atoms with Crippen LogP contribution in [-0.4, -0.2) is 62.6 Å². The molecule has 0 aromatic heterocycles. The predicted octanol–water partition coefficient (Wildman–Crippen LogP) is 0.261. The van der Waals surface area contributed by atoms with E-state index in [0.717, 1.165) is 43.6 Å². The van der Waals surface area contributed by atoms with Crippen LogP contribution in [0.4, 0.5) is 0 Å². The molecule has 0 amide bonds. The van der Waals surface area contributed by atoms with Crippen LogP contribution >= 0.6 is 11.8 Å². The van der Waals surface area contributed by atoms with Crippen LogP contribution in [0, 0.1) is 11.8 Å². The van der Waals surface area contributed by atoms with E-state index in [0.29, 0.717) is 5.92 Å². The first-order chi connectivity index (χ1) is 7.98. The smallest absolute Gasteiger partial charge is 0.164 e. The number of hydrogen-bond acceptors (Lipinski definition) is 5. The molecule has 0 spiro atoms. The van der Waals surface area contributed by atoms with Gasteiger partial charge >= 0.3 is 0 Å². The second kappa shape index (κ2) is 5.47. The first-order valence-electron chi connectivity index (χ1n) is 6.20. The lowest BCUT2D eigenvalue weighted by Crippen LogP contribution is -2.52. The van der Waals surface area contributed by atoms with Gasteiger partial charge in [-0.3, -0.25) is 4.90 Å². The predicted molar refractivity (Wildman–Crippen MR) is 73.1 cm³/mol. The molecule has 6 heteroatoms. The zero-order valence-corrected chi connectivity index (χ0v) is 12.2. The Labute approximate surface area is 108 Å². The van der Waals surface area contributed by atoms with Crippen molar-refractivity contribution in [1.29, 1.82) is 0 Å². The Balaban J connectivity index is 1.96. The Hall–Kier alpha value is 0.220. The SMILES string of the molecule is CC(CN1CCSCC1S(C)(=O)=O)C1CNC1. The summed E-state index contributed by atoms with van der Waals surface area (Å²) in [6.45, 7) is 6.25. The molecule has 1 N–H and O–H groups in total. The highest BCUT2D eigenvalue weighted by Gasteiger charge is 2.33. The van der Waals surface area contributed by atoms with E-state index in [-0.39, 0.29) is 5.37 Å². The van der Waals surface area contributed by atoms with Gasteiger partial charge in [-0.05, 0) is 24.9 Å². The summed E-state index contributed by atoms with van der Waals surface area (Å²) in [4.78, 5) is 2.18. The number of thioether (sulfide) groups is 1. The zero-order chi connectivity index (χ0) is 12.5. The minimum atomic E-state index is -2.95. The van der Waals surface area contributed by atoms with Crippen LogP contribution < -0.4 is 5.32 Å². The van der Waals surface area contributed by atoms with Gasteiger partial charge in [0.1, 0.15) is 5.37 Å². The Morgan fingerprint density at radius 3 is 2.71 bits per heavy atom. The van der Waals surface area contributed by atoms with Gasteiger partial charge < -0.3 is 5.32 Å². The maximum Gasteiger partial charge on any atom is 0.164 e. The fourth-order valence-corrected chi connectivity index (χ4v) is 5.40. The largest absolute Gasteiger partial charge is 0.316 e. The van der Waals surface area contributed by atoms with Crippen molar-refractivity contribution in [2.75, 3.05) is 43.9 Å². The molecule has 2 unspecified atom stereocenters. The van der Waals surface area contributed by atoms with Gasteiger partial charge in [0.25, 0.3) is 0 Å². The molecule has 0 saturated carbocycles. The molecule has 0 aliphatic carbocycles. The van der Waals surface area contributed by atoms with Gasteiger partial charge in [0.15, 0.2) is 9.84 Å². The van der Waals surface area contributed by atoms with Crippen LogP contribution in [-0.2, 0) is 9.84 Å². The summed E-state index contributed by atoms with van der Waals surface area (Å²) in [5, 5.41) is 3.01. The molecule has 4 nitrogen and oxygen atoms in total. The van der Waals surface area contributed by atoms with Crippen LogP contribution in [0.2, 0.25) is 0 Å². The summed E-state index contributed by atoms with van der Waals surface area (Å²) >= 11 is 1.76. The molecule has 2 aliphatic rings. The van der Waals surface area contributed by atoms with Gasteiger partial charge in [-0.2, -0.15) is 11.8 Å². The minimum absolute atomic E-state index is 0.267. The average molecular weight is 278 g/mol. The summed E-state index contributed by atoms with van der Waals surface area (Å²) in [5.41, 5.74) is 0. The third-order valence-electron chi connectivity index (χ3n) is 3.83. The molecule has 2 rings (SSSR count). The van der Waals surface area contributed by atoms with E-state index < -0.39 is 9.84 Å². The van der Waals surface area contributed by atoms with E-state index in [1.807, 2.05) is 0 Å². The summed E-state index contributed by atoms with van der Waals surface area (Å²) in [6.07, 6.45) is 1.37. The third kappa shape index (κ3) is 3.36. The average Bonchev–Trinajstić information content (AvgIpc) is 2.13. The molecule has 2 heterocycles. The van der Waals surface area contributed by atoms with Gasteiger partial charge in [-0.1, -0.05) is 6.92 Å². The van der Waals surface area contributed by atoms with E-state index >= 15 is 0 Å². The van der Waals surface area contributed by atoms with E-state index in [1.54, 1.807) is 11.8 Å². The Bertz CT molecular complexity index is 354. The quantitative estimate of drug-likeness (QED) is 0.799. The van der Waals surface area contributed by atoms with Crippen LogP contribution in [0.5, 0.6) is 0 Å². The van der Waals surface area contributed by atoms with Gasteiger partial charge in [-0.15, -0.1) is 0 Å². The molecule has 0 radical (unpaired) electrons. The number of nitrogens with zero attached hydrogens (tertiary/aromatic N) is 1. The monoisotopic (exact) mass is 278 g/mol. The molecule has 0 aromatic rings. The normalized spacial score (nSPS) is 29.9.